The number of carbonyl (C=O) groups excluding carboxylic acids is 1. The van der Waals surface area contributed by atoms with Crippen LogP contribution in [-0.2, 0) is 6.42 Å². The van der Waals surface area contributed by atoms with E-state index in [9.17, 15) is 10.1 Å². The molecule has 106 valence electrons. The molecule has 0 spiro atoms. The zero-order valence-electron chi connectivity index (χ0n) is 11.4. The molecule has 21 heavy (non-hydrogen) atoms. The Labute approximate surface area is 133 Å². The first kappa shape index (κ1) is 15.6. The maximum absolute atomic E-state index is 12.5. The third kappa shape index (κ3) is 3.26. The van der Waals surface area contributed by atoms with E-state index < -0.39 is 5.92 Å². The molecule has 1 unspecified atom stereocenters. The third-order valence-electron chi connectivity index (χ3n) is 3.33. The lowest BCUT2D eigenvalue weighted by Crippen LogP contribution is -2.12. The molecule has 0 N–H and O–H groups in total. The van der Waals surface area contributed by atoms with Crippen molar-refractivity contribution < 1.29 is 4.79 Å². The smallest absolute Gasteiger partial charge is 0.184 e. The quantitative estimate of drug-likeness (QED) is 0.741. The number of Topliss-reactive ketones (excluding diaryl/α,β-unsaturated/α-hetero) is 1. The molecule has 0 aromatic heterocycles. The number of nitriles is 1. The molecular formula is C17H13Cl2NO. The van der Waals surface area contributed by atoms with Gasteiger partial charge in [-0.05, 0) is 24.1 Å². The lowest BCUT2D eigenvalue weighted by atomic mass is 9.91. The van der Waals surface area contributed by atoms with Gasteiger partial charge in [0.05, 0.1) is 6.07 Å². The highest BCUT2D eigenvalue weighted by Crippen LogP contribution is 2.33. The number of rotatable bonds is 4. The Kier molecular flexibility index (Phi) is 5.01. The van der Waals surface area contributed by atoms with E-state index >= 15 is 0 Å². The zero-order valence-corrected chi connectivity index (χ0v) is 12.9. The minimum Gasteiger partial charge on any atom is -0.292 e. The van der Waals surface area contributed by atoms with E-state index in [1.807, 2.05) is 25.1 Å². The summed E-state index contributed by atoms with van der Waals surface area (Å²) in [5, 5.41) is 10.0. The zero-order chi connectivity index (χ0) is 15.4. The van der Waals surface area contributed by atoms with Crippen LogP contribution in [-0.4, -0.2) is 5.78 Å². The maximum atomic E-state index is 12.5. The summed E-state index contributed by atoms with van der Waals surface area (Å²) < 4.78 is 0. The van der Waals surface area contributed by atoms with Crippen molar-refractivity contribution in [2.24, 2.45) is 0 Å². The first-order chi connectivity index (χ1) is 10.1. The van der Waals surface area contributed by atoms with Gasteiger partial charge in [-0.2, -0.15) is 5.26 Å². The number of nitrogens with zero attached hydrogens (tertiary/aromatic N) is 1. The standard InChI is InChI=1S/C17H13Cl2NO/c1-2-11-6-8-12(9-7-11)17(21)13(10-20)16-14(18)4-3-5-15(16)19/h3-9,13H,2H2,1H3. The second kappa shape index (κ2) is 6.76. The monoisotopic (exact) mass is 317 g/mol. The fraction of sp³-hybridized carbons (Fsp3) is 0.176. The van der Waals surface area contributed by atoms with Crippen molar-refractivity contribution in [3.8, 4) is 6.07 Å². The maximum Gasteiger partial charge on any atom is 0.184 e. The van der Waals surface area contributed by atoms with Gasteiger partial charge in [-0.15, -0.1) is 0 Å². The summed E-state index contributed by atoms with van der Waals surface area (Å²) in [6.07, 6.45) is 0.895. The van der Waals surface area contributed by atoms with Crippen LogP contribution < -0.4 is 0 Å². The van der Waals surface area contributed by atoms with Crippen molar-refractivity contribution in [3.05, 3.63) is 69.2 Å². The average molecular weight is 318 g/mol. The number of ketones is 1. The van der Waals surface area contributed by atoms with Crippen LogP contribution in [0.2, 0.25) is 10.0 Å². The Morgan fingerprint density at radius 2 is 1.71 bits per heavy atom. The second-order valence-corrected chi connectivity index (χ2v) is 5.43. The first-order valence-corrected chi connectivity index (χ1v) is 7.30. The molecular weight excluding hydrogens is 305 g/mol. The Balaban J connectivity index is 2.41. The summed E-state index contributed by atoms with van der Waals surface area (Å²) in [6, 6.07) is 14.2. The van der Waals surface area contributed by atoms with Crippen molar-refractivity contribution >= 4 is 29.0 Å². The number of benzene rings is 2. The van der Waals surface area contributed by atoms with Crippen molar-refractivity contribution in [1.29, 1.82) is 5.26 Å². The lowest BCUT2D eigenvalue weighted by Gasteiger charge is -2.12. The SMILES string of the molecule is CCc1ccc(C(=O)C(C#N)c2c(Cl)cccc2Cl)cc1. The van der Waals surface area contributed by atoms with Gasteiger partial charge >= 0.3 is 0 Å². The summed E-state index contributed by atoms with van der Waals surface area (Å²) in [5.41, 5.74) is 1.98. The highest BCUT2D eigenvalue weighted by molar-refractivity contribution is 6.36. The van der Waals surface area contributed by atoms with Crippen LogP contribution in [0.15, 0.2) is 42.5 Å². The van der Waals surface area contributed by atoms with Crippen molar-refractivity contribution in [2.45, 2.75) is 19.3 Å². The molecule has 0 saturated heterocycles. The van der Waals surface area contributed by atoms with Gasteiger partial charge < -0.3 is 0 Å². The van der Waals surface area contributed by atoms with E-state index in [0.717, 1.165) is 12.0 Å². The third-order valence-corrected chi connectivity index (χ3v) is 3.99. The van der Waals surface area contributed by atoms with E-state index in [-0.39, 0.29) is 5.78 Å². The normalized spacial score (nSPS) is 11.7. The highest BCUT2D eigenvalue weighted by Gasteiger charge is 2.26. The van der Waals surface area contributed by atoms with Gasteiger partial charge in [0, 0.05) is 21.2 Å². The molecule has 0 aliphatic rings. The molecule has 0 saturated carbocycles. The van der Waals surface area contributed by atoms with Crippen molar-refractivity contribution in [3.63, 3.8) is 0 Å². The molecule has 0 aliphatic carbocycles. The average Bonchev–Trinajstić information content (AvgIpc) is 2.50. The lowest BCUT2D eigenvalue weighted by molar-refractivity contribution is 0.0979. The van der Waals surface area contributed by atoms with Crippen LogP contribution in [0.4, 0.5) is 0 Å². The molecule has 0 amide bonds. The summed E-state index contributed by atoms with van der Waals surface area (Å²) in [5.74, 6) is -1.30. The van der Waals surface area contributed by atoms with Gasteiger partial charge in [-0.25, -0.2) is 0 Å². The predicted molar refractivity (Wildman–Crippen MR) is 85.0 cm³/mol. The molecule has 4 heteroatoms. The van der Waals surface area contributed by atoms with Crippen LogP contribution in [0.3, 0.4) is 0 Å². The molecule has 0 aliphatic heterocycles. The fourth-order valence-corrected chi connectivity index (χ4v) is 2.73. The van der Waals surface area contributed by atoms with Crippen LogP contribution in [0.1, 0.15) is 34.3 Å². The van der Waals surface area contributed by atoms with E-state index in [1.165, 1.54) is 0 Å². The molecule has 0 bridgehead atoms. The largest absolute Gasteiger partial charge is 0.292 e. The van der Waals surface area contributed by atoms with Gasteiger partial charge in [0.2, 0.25) is 0 Å². The number of aryl methyl sites for hydroxylation is 1. The van der Waals surface area contributed by atoms with Gasteiger partial charge in [0.15, 0.2) is 5.78 Å². The molecule has 2 rings (SSSR count). The Hall–Kier alpha value is -1.82. The van der Waals surface area contributed by atoms with E-state index in [2.05, 4.69) is 0 Å². The molecule has 2 aromatic rings. The van der Waals surface area contributed by atoms with Gasteiger partial charge in [-0.3, -0.25) is 4.79 Å². The molecule has 2 aromatic carbocycles. The molecule has 1 atom stereocenters. The van der Waals surface area contributed by atoms with Crippen LogP contribution in [0.25, 0.3) is 0 Å². The fourth-order valence-electron chi connectivity index (χ4n) is 2.11. The van der Waals surface area contributed by atoms with Gasteiger partial charge in [0.25, 0.3) is 0 Å². The number of halogens is 2. The number of hydrogen-bond donors (Lipinski definition) is 0. The highest BCUT2D eigenvalue weighted by atomic mass is 35.5. The van der Waals surface area contributed by atoms with Crippen molar-refractivity contribution in [1.82, 2.24) is 0 Å². The summed E-state index contributed by atoms with van der Waals surface area (Å²) in [7, 11) is 0. The van der Waals surface area contributed by atoms with E-state index in [0.29, 0.717) is 21.2 Å². The summed E-state index contributed by atoms with van der Waals surface area (Å²) in [4.78, 5) is 12.5. The Bertz CT molecular complexity index is 681. The van der Waals surface area contributed by atoms with Crippen LogP contribution in [0.5, 0.6) is 0 Å². The van der Waals surface area contributed by atoms with Crippen LogP contribution in [0, 0.1) is 11.3 Å². The summed E-state index contributed by atoms with van der Waals surface area (Å²) >= 11 is 12.2. The summed E-state index contributed by atoms with van der Waals surface area (Å²) in [6.45, 7) is 2.04. The minimum absolute atomic E-state index is 0.296. The van der Waals surface area contributed by atoms with Gasteiger partial charge in [-0.1, -0.05) is 60.5 Å². The Morgan fingerprint density at radius 1 is 1.14 bits per heavy atom. The van der Waals surface area contributed by atoms with Crippen LogP contribution >= 0.6 is 23.2 Å². The topological polar surface area (TPSA) is 40.9 Å². The molecule has 2 nitrogen and oxygen atoms in total. The van der Waals surface area contributed by atoms with Gasteiger partial charge in [0.1, 0.15) is 5.92 Å². The molecule has 0 fully saturated rings. The second-order valence-electron chi connectivity index (χ2n) is 4.61. The predicted octanol–water partition coefficient (Wildman–Crippen LogP) is 5.05. The first-order valence-electron chi connectivity index (χ1n) is 6.55. The van der Waals surface area contributed by atoms with Crippen molar-refractivity contribution in [2.75, 3.05) is 0 Å². The molecule has 0 heterocycles. The molecule has 0 radical (unpaired) electrons. The minimum atomic E-state index is -1.00. The Morgan fingerprint density at radius 3 is 2.19 bits per heavy atom. The van der Waals surface area contributed by atoms with E-state index in [1.54, 1.807) is 30.3 Å². The van der Waals surface area contributed by atoms with E-state index in [4.69, 9.17) is 23.2 Å². The number of carbonyl (C=O) groups is 1. The number of hydrogen-bond acceptors (Lipinski definition) is 2.